The Balaban J connectivity index is 0.00000312. The Labute approximate surface area is 167 Å². The molecule has 1 saturated heterocycles. The van der Waals surface area contributed by atoms with Crippen molar-refractivity contribution in [3.8, 4) is 0 Å². The molecule has 0 radical (unpaired) electrons. The van der Waals surface area contributed by atoms with Crippen molar-refractivity contribution in [3.05, 3.63) is 18.0 Å². The van der Waals surface area contributed by atoms with Crippen LogP contribution in [0.25, 0.3) is 0 Å². The zero-order valence-corrected chi connectivity index (χ0v) is 17.8. The molecule has 2 N–H and O–H groups in total. The van der Waals surface area contributed by atoms with Crippen LogP contribution in [0.15, 0.2) is 17.4 Å². The number of carbonyl (C=O) groups is 1. The second-order valence-corrected chi connectivity index (χ2v) is 6.32. The van der Waals surface area contributed by atoms with E-state index in [2.05, 4.69) is 27.6 Å². The van der Waals surface area contributed by atoms with Gasteiger partial charge < -0.3 is 15.5 Å². The number of likely N-dealkylation sites (tertiary alicyclic amines) is 1. The van der Waals surface area contributed by atoms with Gasteiger partial charge in [0.2, 0.25) is 5.91 Å². The number of amides is 1. The minimum absolute atomic E-state index is 0. The van der Waals surface area contributed by atoms with Crippen LogP contribution in [0.1, 0.15) is 31.7 Å². The van der Waals surface area contributed by atoms with E-state index in [4.69, 9.17) is 4.99 Å². The molecule has 2 rings (SSSR count). The highest BCUT2D eigenvalue weighted by Crippen LogP contribution is 2.20. The Bertz CT molecular complexity index is 551. The summed E-state index contributed by atoms with van der Waals surface area (Å²) in [6.07, 6.45) is 6.61. The average Bonchev–Trinajstić information content (AvgIpc) is 3.00. The Hall–Kier alpha value is -1.32. The van der Waals surface area contributed by atoms with Crippen LogP contribution in [0, 0.1) is 12.8 Å². The molecular weight excluding hydrogens is 431 g/mol. The van der Waals surface area contributed by atoms with E-state index < -0.39 is 0 Å². The van der Waals surface area contributed by atoms with E-state index in [1.807, 2.05) is 24.0 Å². The highest BCUT2D eigenvalue weighted by atomic mass is 127. The number of piperidine rings is 1. The second-order valence-electron chi connectivity index (χ2n) is 6.32. The van der Waals surface area contributed by atoms with Gasteiger partial charge in [-0.15, -0.1) is 24.0 Å². The lowest BCUT2D eigenvalue weighted by atomic mass is 9.93. The first-order chi connectivity index (χ1) is 11.6. The molecule has 142 valence electrons. The van der Waals surface area contributed by atoms with Crippen LogP contribution in [-0.2, 0) is 11.3 Å². The summed E-state index contributed by atoms with van der Waals surface area (Å²) < 4.78 is 1.93. The molecule has 0 aliphatic carbocycles. The van der Waals surface area contributed by atoms with Crippen molar-refractivity contribution in [2.45, 2.75) is 39.7 Å². The maximum Gasteiger partial charge on any atom is 0.220 e. The molecule has 0 aromatic carbocycles. The molecule has 25 heavy (non-hydrogen) atoms. The van der Waals surface area contributed by atoms with Crippen LogP contribution in [0.2, 0.25) is 0 Å². The van der Waals surface area contributed by atoms with Gasteiger partial charge in [-0.25, -0.2) is 0 Å². The number of hydrogen-bond acceptors (Lipinski definition) is 3. The van der Waals surface area contributed by atoms with Crippen molar-refractivity contribution in [2.24, 2.45) is 10.9 Å². The fraction of sp³-hybridized carbons (Fsp3) is 0.706. The highest BCUT2D eigenvalue weighted by Gasteiger charge is 2.22. The monoisotopic (exact) mass is 462 g/mol. The summed E-state index contributed by atoms with van der Waals surface area (Å²) >= 11 is 0. The Morgan fingerprint density at radius 3 is 2.68 bits per heavy atom. The van der Waals surface area contributed by atoms with Crippen LogP contribution in [0.3, 0.4) is 0 Å². The van der Waals surface area contributed by atoms with Gasteiger partial charge >= 0.3 is 0 Å². The normalized spacial score (nSPS) is 15.6. The molecular formula is C17H31IN6O. The lowest BCUT2D eigenvalue weighted by molar-refractivity contribution is -0.121. The Kier molecular flexibility index (Phi) is 9.84. The number of guanidine groups is 1. The van der Waals surface area contributed by atoms with Crippen LogP contribution in [-0.4, -0.2) is 59.8 Å². The molecule has 1 amide bonds. The van der Waals surface area contributed by atoms with Gasteiger partial charge in [0.05, 0.1) is 19.3 Å². The van der Waals surface area contributed by atoms with Crippen molar-refractivity contribution in [1.29, 1.82) is 0 Å². The van der Waals surface area contributed by atoms with Crippen molar-refractivity contribution in [1.82, 2.24) is 25.3 Å². The van der Waals surface area contributed by atoms with Crippen molar-refractivity contribution < 1.29 is 4.79 Å². The van der Waals surface area contributed by atoms with Crippen LogP contribution in [0.4, 0.5) is 0 Å². The molecule has 8 heteroatoms. The van der Waals surface area contributed by atoms with E-state index in [0.717, 1.165) is 45.0 Å². The number of hydrogen-bond donors (Lipinski definition) is 2. The van der Waals surface area contributed by atoms with Crippen LogP contribution >= 0.6 is 24.0 Å². The first-order valence-corrected chi connectivity index (χ1v) is 8.85. The summed E-state index contributed by atoms with van der Waals surface area (Å²) in [5, 5.41) is 10.4. The SMILES string of the molecule is CCNC(=NCCn1cc(C)cn1)N1CCC(CC(=O)NC)CC1.I. The third-order valence-corrected chi connectivity index (χ3v) is 4.35. The highest BCUT2D eigenvalue weighted by molar-refractivity contribution is 14.0. The second kappa shape index (κ2) is 11.3. The van der Waals surface area contributed by atoms with Crippen molar-refractivity contribution >= 4 is 35.8 Å². The molecule has 0 unspecified atom stereocenters. The predicted octanol–water partition coefficient (Wildman–Crippen LogP) is 1.62. The average molecular weight is 462 g/mol. The maximum atomic E-state index is 11.5. The summed E-state index contributed by atoms with van der Waals surface area (Å²) in [6, 6.07) is 0. The topological polar surface area (TPSA) is 74.5 Å². The fourth-order valence-corrected chi connectivity index (χ4v) is 2.99. The minimum Gasteiger partial charge on any atom is -0.359 e. The fourth-order valence-electron chi connectivity index (χ4n) is 2.99. The lowest BCUT2D eigenvalue weighted by Gasteiger charge is -2.34. The number of halogens is 1. The van der Waals surface area contributed by atoms with Crippen molar-refractivity contribution in [3.63, 3.8) is 0 Å². The van der Waals surface area contributed by atoms with Gasteiger partial charge in [0.25, 0.3) is 0 Å². The molecule has 1 fully saturated rings. The first kappa shape index (κ1) is 21.7. The first-order valence-electron chi connectivity index (χ1n) is 8.85. The van der Waals surface area contributed by atoms with Gasteiger partial charge in [0.15, 0.2) is 5.96 Å². The molecule has 2 heterocycles. The summed E-state index contributed by atoms with van der Waals surface area (Å²) in [7, 11) is 1.70. The molecule has 1 aliphatic rings. The number of aromatic nitrogens is 2. The molecule has 0 saturated carbocycles. The number of rotatable bonds is 6. The lowest BCUT2D eigenvalue weighted by Crippen LogP contribution is -2.46. The Morgan fingerprint density at radius 2 is 2.12 bits per heavy atom. The van der Waals surface area contributed by atoms with Gasteiger partial charge in [-0.3, -0.25) is 14.5 Å². The third-order valence-electron chi connectivity index (χ3n) is 4.35. The Morgan fingerprint density at radius 1 is 1.40 bits per heavy atom. The molecule has 0 spiro atoms. The standard InChI is InChI=1S/C17H30N6O.HI/c1-4-19-17(20-7-10-23-13-14(2)12-21-23)22-8-5-15(6-9-22)11-16(24)18-3;/h12-13,15H,4-11H2,1-3H3,(H,18,24)(H,19,20);1H. The molecule has 1 aromatic rings. The summed E-state index contributed by atoms with van der Waals surface area (Å²) in [5.41, 5.74) is 1.17. The van der Waals surface area contributed by atoms with Crippen molar-refractivity contribution in [2.75, 3.05) is 33.2 Å². The van der Waals surface area contributed by atoms with E-state index in [0.29, 0.717) is 18.9 Å². The maximum absolute atomic E-state index is 11.5. The van der Waals surface area contributed by atoms with E-state index in [1.54, 1.807) is 7.05 Å². The molecule has 7 nitrogen and oxygen atoms in total. The summed E-state index contributed by atoms with van der Waals surface area (Å²) in [5.74, 6) is 1.60. The van der Waals surface area contributed by atoms with Gasteiger partial charge in [-0.05, 0) is 38.2 Å². The largest absolute Gasteiger partial charge is 0.359 e. The predicted molar refractivity (Wildman–Crippen MR) is 111 cm³/mol. The van der Waals surface area contributed by atoms with Gasteiger partial charge in [-0.1, -0.05) is 0 Å². The minimum atomic E-state index is 0. The van der Waals surface area contributed by atoms with E-state index in [9.17, 15) is 4.79 Å². The van der Waals surface area contributed by atoms with Gasteiger partial charge in [-0.2, -0.15) is 5.10 Å². The molecule has 0 atom stereocenters. The van der Waals surface area contributed by atoms with Crippen LogP contribution in [0.5, 0.6) is 0 Å². The van der Waals surface area contributed by atoms with E-state index in [-0.39, 0.29) is 29.9 Å². The quantitative estimate of drug-likeness (QED) is 0.383. The number of nitrogens with one attached hydrogen (secondary N) is 2. The zero-order chi connectivity index (χ0) is 17.4. The summed E-state index contributed by atoms with van der Waals surface area (Å²) in [4.78, 5) is 18.5. The number of aliphatic imine (C=N–C) groups is 1. The van der Waals surface area contributed by atoms with Crippen LogP contribution < -0.4 is 10.6 Å². The zero-order valence-electron chi connectivity index (χ0n) is 15.5. The smallest absolute Gasteiger partial charge is 0.220 e. The number of aryl methyl sites for hydroxylation is 1. The number of nitrogens with zero attached hydrogens (tertiary/aromatic N) is 4. The van der Waals surface area contributed by atoms with Gasteiger partial charge in [0.1, 0.15) is 0 Å². The molecule has 1 aliphatic heterocycles. The summed E-state index contributed by atoms with van der Waals surface area (Å²) in [6.45, 7) is 8.39. The van der Waals surface area contributed by atoms with Gasteiger partial charge in [0, 0.05) is 39.3 Å². The van der Waals surface area contributed by atoms with E-state index in [1.165, 1.54) is 5.56 Å². The third kappa shape index (κ3) is 7.21. The number of carbonyl (C=O) groups excluding carboxylic acids is 1. The molecule has 0 bridgehead atoms. The van der Waals surface area contributed by atoms with E-state index >= 15 is 0 Å². The molecule has 1 aromatic heterocycles.